The Morgan fingerprint density at radius 3 is 1.88 bits per heavy atom. The molecule has 3 aromatic rings. The van der Waals surface area contributed by atoms with Gasteiger partial charge < -0.3 is 4.74 Å². The zero-order valence-corrected chi connectivity index (χ0v) is 20.0. The van der Waals surface area contributed by atoms with Crippen LogP contribution in [0.15, 0.2) is 42.5 Å². The van der Waals surface area contributed by atoms with Crippen LogP contribution in [0.4, 0.5) is 22.0 Å². The molecule has 0 amide bonds. The average molecular weight is 480 g/mol. The monoisotopic (exact) mass is 480 g/mol. The number of ether oxygens (including phenoxy) is 1. The lowest BCUT2D eigenvalue weighted by Gasteiger charge is -2.35. The molecule has 176 valence electrons. The molecule has 0 aliphatic rings. The predicted octanol–water partition coefficient (Wildman–Crippen LogP) is 7.60. The lowest BCUT2D eigenvalue weighted by molar-refractivity contribution is 0.296. The number of aryl methyl sites for hydroxylation is 2. The zero-order valence-electron chi connectivity index (χ0n) is 19.0. The molecule has 0 aromatic heterocycles. The molecule has 0 aliphatic carbocycles. The Bertz CT molecular complexity index is 1110. The second-order valence-corrected chi connectivity index (χ2v) is 9.80. The summed E-state index contributed by atoms with van der Waals surface area (Å²) >= 11 is 0. The van der Waals surface area contributed by atoms with Gasteiger partial charge in [0.25, 0.3) is 0 Å². The first-order valence-corrected chi connectivity index (χ1v) is 11.7. The fraction of sp³-hybridized carbons (Fsp3) is 0.308. The highest BCUT2D eigenvalue weighted by Gasteiger charge is 2.37. The summed E-state index contributed by atoms with van der Waals surface area (Å²) in [5.74, 6) is -8.95. The summed E-state index contributed by atoms with van der Waals surface area (Å²) in [5.41, 5.74) is 3.42. The standard InChI is InChI=1S/C26H26F5OP/c1-5-26(6-2,33-25-22(30)20(28)19(27)21(29)23(25)31)18-13-15(3)12-16(4)24(18)32-14-17-10-8-7-9-11-17/h7-13,33H,5-6,14H2,1-4H3. The Hall–Kier alpha value is -2.46. The maximum atomic E-state index is 14.6. The van der Waals surface area contributed by atoms with Crippen molar-refractivity contribution >= 4 is 13.9 Å². The van der Waals surface area contributed by atoms with Gasteiger partial charge in [0.05, 0.1) is 5.30 Å². The molecule has 3 rings (SSSR count). The maximum absolute atomic E-state index is 14.6. The lowest BCUT2D eigenvalue weighted by Crippen LogP contribution is -2.27. The largest absolute Gasteiger partial charge is 0.488 e. The second-order valence-electron chi connectivity index (χ2n) is 8.09. The average Bonchev–Trinajstić information content (AvgIpc) is 2.82. The minimum absolute atomic E-state index is 0.285. The highest BCUT2D eigenvalue weighted by atomic mass is 31.1. The van der Waals surface area contributed by atoms with Crippen molar-refractivity contribution in [2.24, 2.45) is 0 Å². The van der Waals surface area contributed by atoms with E-state index in [-0.39, 0.29) is 6.61 Å². The van der Waals surface area contributed by atoms with Gasteiger partial charge in [-0.05, 0) is 37.8 Å². The highest BCUT2D eigenvalue weighted by molar-refractivity contribution is 7.48. The summed E-state index contributed by atoms with van der Waals surface area (Å²) in [5, 5.41) is -1.65. The molecular weight excluding hydrogens is 454 g/mol. The van der Waals surface area contributed by atoms with Crippen LogP contribution in [-0.4, -0.2) is 0 Å². The number of rotatable bonds is 8. The number of hydrogen-bond acceptors (Lipinski definition) is 1. The first kappa shape index (κ1) is 25.2. The SMILES string of the molecule is CCC(CC)(Pc1c(F)c(F)c(F)c(F)c1F)c1cc(C)cc(C)c1OCc1ccccc1. The molecule has 1 nitrogen and oxygen atoms in total. The fourth-order valence-corrected chi connectivity index (χ4v) is 5.65. The van der Waals surface area contributed by atoms with E-state index in [9.17, 15) is 22.0 Å². The van der Waals surface area contributed by atoms with E-state index in [0.717, 1.165) is 16.7 Å². The third-order valence-corrected chi connectivity index (χ3v) is 8.09. The Kier molecular flexibility index (Phi) is 7.79. The first-order chi connectivity index (χ1) is 15.6. The summed E-state index contributed by atoms with van der Waals surface area (Å²) in [6, 6.07) is 13.4. The van der Waals surface area contributed by atoms with E-state index in [2.05, 4.69) is 0 Å². The Morgan fingerprint density at radius 1 is 0.788 bits per heavy atom. The molecule has 1 unspecified atom stereocenters. The quantitative estimate of drug-likeness (QED) is 0.140. The van der Waals surface area contributed by atoms with Crippen LogP contribution in [0.2, 0.25) is 0 Å². The van der Waals surface area contributed by atoms with Crippen LogP contribution < -0.4 is 10.0 Å². The highest BCUT2D eigenvalue weighted by Crippen LogP contribution is 2.52. The summed E-state index contributed by atoms with van der Waals surface area (Å²) in [6.45, 7) is 7.76. The van der Waals surface area contributed by atoms with Crippen LogP contribution in [0.1, 0.15) is 48.9 Å². The van der Waals surface area contributed by atoms with E-state index in [1.165, 1.54) is 0 Å². The van der Waals surface area contributed by atoms with E-state index in [0.29, 0.717) is 24.2 Å². The van der Waals surface area contributed by atoms with Gasteiger partial charge in [0.15, 0.2) is 23.3 Å². The van der Waals surface area contributed by atoms with Crippen LogP contribution in [0.5, 0.6) is 5.75 Å². The van der Waals surface area contributed by atoms with Gasteiger partial charge in [-0.15, -0.1) is 0 Å². The normalized spacial score (nSPS) is 12.0. The molecule has 0 spiro atoms. The smallest absolute Gasteiger partial charge is 0.200 e. The van der Waals surface area contributed by atoms with Crippen molar-refractivity contribution in [2.75, 3.05) is 0 Å². The second kappa shape index (κ2) is 10.2. The van der Waals surface area contributed by atoms with Gasteiger partial charge in [-0.1, -0.05) is 70.5 Å². The van der Waals surface area contributed by atoms with E-state index in [1.54, 1.807) is 0 Å². The van der Waals surface area contributed by atoms with Crippen LogP contribution in [0.25, 0.3) is 0 Å². The van der Waals surface area contributed by atoms with Gasteiger partial charge in [0, 0.05) is 10.7 Å². The van der Waals surface area contributed by atoms with Gasteiger partial charge in [0.1, 0.15) is 12.4 Å². The van der Waals surface area contributed by atoms with Crippen LogP contribution in [0, 0.1) is 42.9 Å². The molecular formula is C26H26F5OP. The molecule has 3 aromatic carbocycles. The van der Waals surface area contributed by atoms with Crippen LogP contribution in [0.3, 0.4) is 0 Å². The van der Waals surface area contributed by atoms with Gasteiger partial charge in [-0.25, -0.2) is 22.0 Å². The number of hydrogen-bond donors (Lipinski definition) is 0. The molecule has 0 aliphatic heterocycles. The van der Waals surface area contributed by atoms with Crippen molar-refractivity contribution in [3.05, 3.63) is 93.8 Å². The van der Waals surface area contributed by atoms with Crippen molar-refractivity contribution in [3.63, 3.8) is 0 Å². The minimum atomic E-state index is -2.14. The van der Waals surface area contributed by atoms with Crippen molar-refractivity contribution in [1.82, 2.24) is 0 Å². The number of benzene rings is 3. The Morgan fingerprint density at radius 2 is 1.33 bits per heavy atom. The molecule has 0 N–H and O–H groups in total. The van der Waals surface area contributed by atoms with Crippen molar-refractivity contribution in [1.29, 1.82) is 0 Å². The van der Waals surface area contributed by atoms with Crippen LogP contribution in [-0.2, 0) is 11.8 Å². The van der Waals surface area contributed by atoms with Crippen molar-refractivity contribution < 1.29 is 26.7 Å². The van der Waals surface area contributed by atoms with Crippen molar-refractivity contribution in [3.8, 4) is 5.75 Å². The maximum Gasteiger partial charge on any atom is 0.200 e. The number of halogens is 5. The van der Waals surface area contributed by atoms with Crippen LogP contribution >= 0.6 is 8.58 Å². The third kappa shape index (κ3) is 4.91. The van der Waals surface area contributed by atoms with E-state index < -0.39 is 48.1 Å². The summed E-state index contributed by atoms with van der Waals surface area (Å²) in [7, 11) is -0.686. The molecule has 0 fully saturated rings. The molecule has 0 radical (unpaired) electrons. The molecule has 0 bridgehead atoms. The zero-order chi connectivity index (χ0) is 24.3. The summed E-state index contributed by atoms with van der Waals surface area (Å²) in [6.07, 6.45) is 0.845. The molecule has 0 saturated carbocycles. The molecule has 7 heteroatoms. The predicted molar refractivity (Wildman–Crippen MR) is 123 cm³/mol. The summed E-state index contributed by atoms with van der Waals surface area (Å²) < 4.78 is 76.9. The van der Waals surface area contributed by atoms with Gasteiger partial charge in [-0.2, -0.15) is 0 Å². The van der Waals surface area contributed by atoms with E-state index in [1.807, 2.05) is 70.2 Å². The van der Waals surface area contributed by atoms with E-state index >= 15 is 0 Å². The van der Waals surface area contributed by atoms with Gasteiger partial charge >= 0.3 is 0 Å². The molecule has 0 saturated heterocycles. The first-order valence-electron chi connectivity index (χ1n) is 10.7. The molecule has 0 heterocycles. The van der Waals surface area contributed by atoms with E-state index in [4.69, 9.17) is 4.74 Å². The fourth-order valence-electron chi connectivity index (χ4n) is 4.06. The topological polar surface area (TPSA) is 9.23 Å². The third-order valence-electron chi connectivity index (χ3n) is 5.94. The summed E-state index contributed by atoms with van der Waals surface area (Å²) in [4.78, 5) is 0. The van der Waals surface area contributed by atoms with Gasteiger partial charge in [-0.3, -0.25) is 0 Å². The van der Waals surface area contributed by atoms with Crippen molar-refractivity contribution in [2.45, 2.75) is 52.3 Å². The minimum Gasteiger partial charge on any atom is -0.488 e. The molecule has 33 heavy (non-hydrogen) atoms. The Balaban J connectivity index is 2.13. The lowest BCUT2D eigenvalue weighted by atomic mass is 9.89. The van der Waals surface area contributed by atoms with Gasteiger partial charge in [0.2, 0.25) is 5.82 Å². The Labute approximate surface area is 192 Å². The molecule has 1 atom stereocenters.